The van der Waals surface area contributed by atoms with Gasteiger partial charge in [-0.2, -0.15) is 5.10 Å². The van der Waals surface area contributed by atoms with Crippen LogP contribution in [-0.4, -0.2) is 55.4 Å². The van der Waals surface area contributed by atoms with Gasteiger partial charge in [0.05, 0.1) is 32.8 Å². The van der Waals surface area contributed by atoms with Crippen LogP contribution >= 0.6 is 11.3 Å². The Bertz CT molecular complexity index is 1470. The summed E-state index contributed by atoms with van der Waals surface area (Å²) in [4.78, 5) is 16.0. The van der Waals surface area contributed by atoms with E-state index >= 15 is 0 Å². The molecular formula is C25H25N7OS. The average Bonchev–Trinajstić information content (AvgIpc) is 3.45. The summed E-state index contributed by atoms with van der Waals surface area (Å²) in [6.07, 6.45) is 6.75. The van der Waals surface area contributed by atoms with Crippen molar-refractivity contribution < 1.29 is 4.74 Å². The third-order valence-electron chi connectivity index (χ3n) is 6.13. The van der Waals surface area contributed by atoms with Gasteiger partial charge in [-0.25, -0.2) is 15.0 Å². The van der Waals surface area contributed by atoms with E-state index in [0.29, 0.717) is 0 Å². The third kappa shape index (κ3) is 4.08. The molecule has 0 saturated carbocycles. The molecule has 1 saturated heterocycles. The van der Waals surface area contributed by atoms with Gasteiger partial charge in [0.15, 0.2) is 0 Å². The van der Waals surface area contributed by atoms with Gasteiger partial charge in [-0.15, -0.1) is 11.3 Å². The third-order valence-corrected chi connectivity index (χ3v) is 6.92. The summed E-state index contributed by atoms with van der Waals surface area (Å²) in [5.41, 5.74) is 6.67. The van der Waals surface area contributed by atoms with Gasteiger partial charge in [0.25, 0.3) is 0 Å². The second-order valence-electron chi connectivity index (χ2n) is 8.74. The van der Waals surface area contributed by atoms with Crippen molar-refractivity contribution in [1.82, 2.24) is 29.6 Å². The lowest BCUT2D eigenvalue weighted by Gasteiger charge is -2.33. The minimum atomic E-state index is 0.0363. The Morgan fingerprint density at radius 2 is 2.00 bits per heavy atom. The molecule has 5 aromatic rings. The van der Waals surface area contributed by atoms with Crippen LogP contribution in [0.25, 0.3) is 32.2 Å². The van der Waals surface area contributed by atoms with Crippen molar-refractivity contribution in [2.24, 2.45) is 7.05 Å². The van der Waals surface area contributed by atoms with E-state index in [9.17, 15) is 0 Å². The number of benzene rings is 2. The first kappa shape index (κ1) is 21.0. The van der Waals surface area contributed by atoms with E-state index in [1.807, 2.05) is 37.1 Å². The van der Waals surface area contributed by atoms with E-state index in [0.717, 1.165) is 69.1 Å². The van der Waals surface area contributed by atoms with E-state index < -0.39 is 0 Å². The number of thiazole rings is 1. The molecule has 8 nitrogen and oxygen atoms in total. The van der Waals surface area contributed by atoms with Crippen molar-refractivity contribution in [2.45, 2.75) is 19.4 Å². The van der Waals surface area contributed by atoms with E-state index in [1.54, 1.807) is 22.3 Å². The van der Waals surface area contributed by atoms with Gasteiger partial charge < -0.3 is 10.1 Å². The molecule has 0 radical (unpaired) electrons. The Morgan fingerprint density at radius 3 is 2.79 bits per heavy atom. The van der Waals surface area contributed by atoms with Crippen LogP contribution in [0.15, 0.2) is 54.6 Å². The number of nitrogens with one attached hydrogen (secondary N) is 1. The molecule has 0 aliphatic carbocycles. The number of aromatic nitrogens is 5. The van der Waals surface area contributed by atoms with Crippen molar-refractivity contribution in [3.05, 3.63) is 54.6 Å². The minimum Gasteiger partial charge on any atom is -0.489 e. The molecule has 1 fully saturated rings. The van der Waals surface area contributed by atoms with Gasteiger partial charge in [-0.05, 0) is 62.3 Å². The maximum atomic E-state index is 6.54. The van der Waals surface area contributed by atoms with Crippen molar-refractivity contribution >= 4 is 44.0 Å². The molecule has 1 aliphatic rings. The number of aryl methyl sites for hydroxylation is 1. The smallest absolute Gasteiger partial charge is 0.145 e. The number of hydrogen-bond donors (Lipinski definition) is 1. The van der Waals surface area contributed by atoms with Crippen molar-refractivity contribution in [3.63, 3.8) is 0 Å². The number of nitrogens with zero attached hydrogens (tertiary/aromatic N) is 6. The highest BCUT2D eigenvalue weighted by Crippen LogP contribution is 2.37. The molecule has 2 aromatic carbocycles. The zero-order valence-corrected chi connectivity index (χ0v) is 19.9. The SMILES string of the molecule is C[C@H](CN1CCC1)Oc1cc(-c2cnn(C)c2)cc2ncnc(Nc3ccc4ncsc4c3)c12. The highest BCUT2D eigenvalue weighted by atomic mass is 32.1. The molecular weight excluding hydrogens is 446 g/mol. The van der Waals surface area contributed by atoms with Crippen molar-refractivity contribution in [2.75, 3.05) is 25.0 Å². The summed E-state index contributed by atoms with van der Waals surface area (Å²) in [5.74, 6) is 1.49. The number of fused-ring (bicyclic) bond motifs is 2. The fourth-order valence-corrected chi connectivity index (χ4v) is 5.05. The largest absolute Gasteiger partial charge is 0.489 e. The fourth-order valence-electron chi connectivity index (χ4n) is 4.33. The number of likely N-dealkylation sites (tertiary alicyclic amines) is 1. The Balaban J connectivity index is 1.42. The van der Waals surface area contributed by atoms with Crippen LogP contribution in [0, 0.1) is 0 Å². The fraction of sp³-hybridized carbons (Fsp3) is 0.280. The van der Waals surface area contributed by atoms with Crippen molar-refractivity contribution in [3.8, 4) is 16.9 Å². The Kier molecular flexibility index (Phi) is 5.35. The average molecular weight is 472 g/mol. The summed E-state index contributed by atoms with van der Waals surface area (Å²) in [6, 6.07) is 10.3. The Hall–Kier alpha value is -3.56. The molecule has 1 atom stereocenters. The first-order valence-electron chi connectivity index (χ1n) is 11.4. The zero-order chi connectivity index (χ0) is 23.1. The lowest BCUT2D eigenvalue weighted by molar-refractivity contribution is 0.104. The lowest BCUT2D eigenvalue weighted by Crippen LogP contribution is -2.42. The van der Waals surface area contributed by atoms with Crippen LogP contribution < -0.4 is 10.1 Å². The standard InChI is InChI=1S/C25H25N7OS/c1-16(12-32-6-3-7-32)33-22-9-17(18-11-29-31(2)13-18)8-21-24(22)25(27-14-26-21)30-19-4-5-20-23(10-19)34-15-28-20/h4-5,8-11,13-16H,3,6-7,12H2,1-2H3,(H,26,27,30)/t16-/m1/s1. The lowest BCUT2D eigenvalue weighted by atomic mass is 10.1. The normalized spacial score (nSPS) is 14.9. The van der Waals surface area contributed by atoms with Gasteiger partial charge in [0.1, 0.15) is 24.0 Å². The van der Waals surface area contributed by atoms with Crippen LogP contribution in [0.1, 0.15) is 13.3 Å². The van der Waals surface area contributed by atoms with Gasteiger partial charge in [0.2, 0.25) is 0 Å². The van der Waals surface area contributed by atoms with E-state index in [-0.39, 0.29) is 6.10 Å². The Morgan fingerprint density at radius 1 is 1.09 bits per heavy atom. The van der Waals surface area contributed by atoms with Crippen LogP contribution in [0.3, 0.4) is 0 Å². The maximum Gasteiger partial charge on any atom is 0.145 e. The van der Waals surface area contributed by atoms with Crippen LogP contribution in [0.2, 0.25) is 0 Å². The first-order valence-corrected chi connectivity index (χ1v) is 12.3. The number of hydrogen-bond acceptors (Lipinski definition) is 8. The van der Waals surface area contributed by atoms with Crippen LogP contribution in [0.4, 0.5) is 11.5 Å². The number of anilines is 2. The van der Waals surface area contributed by atoms with Gasteiger partial charge in [-0.3, -0.25) is 9.58 Å². The molecule has 9 heteroatoms. The van der Waals surface area contributed by atoms with E-state index in [1.165, 1.54) is 6.42 Å². The topological polar surface area (TPSA) is 81.0 Å². The number of ether oxygens (including phenoxy) is 1. The van der Waals surface area contributed by atoms with Gasteiger partial charge in [0, 0.05) is 31.0 Å². The monoisotopic (exact) mass is 471 g/mol. The predicted molar refractivity (Wildman–Crippen MR) is 136 cm³/mol. The molecule has 4 heterocycles. The van der Waals surface area contributed by atoms with Crippen molar-refractivity contribution in [1.29, 1.82) is 0 Å². The first-order chi connectivity index (χ1) is 16.6. The summed E-state index contributed by atoms with van der Waals surface area (Å²) in [7, 11) is 1.92. The molecule has 0 spiro atoms. The molecule has 1 aliphatic heterocycles. The Labute approximate surface area is 201 Å². The molecule has 34 heavy (non-hydrogen) atoms. The quantitative estimate of drug-likeness (QED) is 0.363. The minimum absolute atomic E-state index is 0.0363. The van der Waals surface area contributed by atoms with Crippen LogP contribution in [0.5, 0.6) is 5.75 Å². The summed E-state index contributed by atoms with van der Waals surface area (Å²) >= 11 is 1.62. The van der Waals surface area contributed by atoms with Crippen LogP contribution in [-0.2, 0) is 7.05 Å². The van der Waals surface area contributed by atoms with Gasteiger partial charge in [-0.1, -0.05) is 0 Å². The molecule has 0 bridgehead atoms. The highest BCUT2D eigenvalue weighted by molar-refractivity contribution is 7.16. The molecule has 1 N–H and O–H groups in total. The number of rotatable bonds is 7. The summed E-state index contributed by atoms with van der Waals surface area (Å²) in [6.45, 7) is 5.30. The molecule has 0 unspecified atom stereocenters. The molecule has 0 amide bonds. The zero-order valence-electron chi connectivity index (χ0n) is 19.1. The van der Waals surface area contributed by atoms with E-state index in [4.69, 9.17) is 4.74 Å². The summed E-state index contributed by atoms with van der Waals surface area (Å²) < 4.78 is 9.47. The second kappa shape index (κ2) is 8.66. The second-order valence-corrected chi connectivity index (χ2v) is 9.62. The maximum absolute atomic E-state index is 6.54. The predicted octanol–water partition coefficient (Wildman–Crippen LogP) is 4.86. The molecule has 6 rings (SSSR count). The summed E-state index contributed by atoms with van der Waals surface area (Å²) in [5, 5.41) is 8.70. The highest BCUT2D eigenvalue weighted by Gasteiger charge is 2.20. The van der Waals surface area contributed by atoms with E-state index in [2.05, 4.69) is 55.4 Å². The van der Waals surface area contributed by atoms with Gasteiger partial charge >= 0.3 is 0 Å². The molecule has 172 valence electrons. The molecule has 3 aromatic heterocycles.